The average Bonchev–Trinajstić information content (AvgIpc) is 2.73. The van der Waals surface area contributed by atoms with Crippen LogP contribution in [0.1, 0.15) is 32.3 Å². The van der Waals surface area contributed by atoms with Gasteiger partial charge in [-0.3, -0.25) is 14.9 Å². The molecule has 0 fully saturated rings. The molecular weight excluding hydrogens is 272 g/mol. The fourth-order valence-corrected chi connectivity index (χ4v) is 3.08. The van der Waals surface area contributed by atoms with E-state index in [4.69, 9.17) is 4.74 Å². The van der Waals surface area contributed by atoms with E-state index in [-0.39, 0.29) is 11.6 Å². The Morgan fingerprint density at radius 2 is 2.00 bits per heavy atom. The van der Waals surface area contributed by atoms with Crippen molar-refractivity contribution in [2.24, 2.45) is 0 Å². The molecular formula is C15H20N2O4. The third-order valence-corrected chi connectivity index (χ3v) is 4.38. The molecule has 6 nitrogen and oxygen atoms in total. The van der Waals surface area contributed by atoms with Crippen molar-refractivity contribution in [2.75, 3.05) is 25.2 Å². The Balaban J connectivity index is 2.56. The Labute approximate surface area is 123 Å². The van der Waals surface area contributed by atoms with Crippen LogP contribution in [0.5, 0.6) is 0 Å². The Kier molecular flexibility index (Phi) is 4.27. The molecule has 0 N–H and O–H groups in total. The van der Waals surface area contributed by atoms with Gasteiger partial charge >= 0.3 is 0 Å². The van der Waals surface area contributed by atoms with Crippen molar-refractivity contribution in [1.82, 2.24) is 0 Å². The molecule has 0 radical (unpaired) electrons. The summed E-state index contributed by atoms with van der Waals surface area (Å²) in [5.74, 6) is 0.0139. The second-order valence-corrected chi connectivity index (χ2v) is 5.20. The Hall–Kier alpha value is -1.95. The lowest BCUT2D eigenvalue weighted by Crippen LogP contribution is -2.40. The van der Waals surface area contributed by atoms with Crippen LogP contribution in [0.4, 0.5) is 11.4 Å². The van der Waals surface area contributed by atoms with Crippen LogP contribution < -0.4 is 4.90 Å². The number of nitro benzene ring substituents is 1. The van der Waals surface area contributed by atoms with E-state index >= 15 is 0 Å². The van der Waals surface area contributed by atoms with Crippen molar-refractivity contribution in [2.45, 2.75) is 32.1 Å². The number of rotatable bonds is 6. The molecule has 1 aliphatic heterocycles. The number of ether oxygens (including phenoxy) is 1. The van der Waals surface area contributed by atoms with Crippen molar-refractivity contribution >= 4 is 17.3 Å². The summed E-state index contributed by atoms with van der Waals surface area (Å²) in [5, 5.41) is 11.0. The van der Waals surface area contributed by atoms with Gasteiger partial charge in [-0.2, -0.15) is 0 Å². The number of benzene rings is 1. The van der Waals surface area contributed by atoms with Gasteiger partial charge in [0.1, 0.15) is 0 Å². The summed E-state index contributed by atoms with van der Waals surface area (Å²) in [6.07, 6.45) is 1.25. The number of hydrogen-bond donors (Lipinski definition) is 0. The van der Waals surface area contributed by atoms with Gasteiger partial charge in [-0.05, 0) is 24.5 Å². The van der Waals surface area contributed by atoms with E-state index in [2.05, 4.69) is 0 Å². The molecule has 1 aromatic rings. The molecule has 0 saturated heterocycles. The highest BCUT2D eigenvalue weighted by Crippen LogP contribution is 2.47. The van der Waals surface area contributed by atoms with Crippen LogP contribution in [0.2, 0.25) is 0 Å². The predicted octanol–water partition coefficient (Wildman–Crippen LogP) is 2.65. The van der Waals surface area contributed by atoms with E-state index in [1.165, 1.54) is 6.07 Å². The second-order valence-electron chi connectivity index (χ2n) is 5.20. The van der Waals surface area contributed by atoms with Crippen LogP contribution >= 0.6 is 0 Å². The van der Waals surface area contributed by atoms with Crippen molar-refractivity contribution < 1.29 is 14.5 Å². The zero-order valence-electron chi connectivity index (χ0n) is 12.6. The molecule has 2 rings (SSSR count). The van der Waals surface area contributed by atoms with E-state index in [1.807, 2.05) is 13.8 Å². The highest BCUT2D eigenvalue weighted by Gasteiger charge is 2.48. The maximum absolute atomic E-state index is 12.8. The van der Waals surface area contributed by atoms with Crippen molar-refractivity contribution in [3.63, 3.8) is 0 Å². The number of hydrogen-bond acceptors (Lipinski definition) is 4. The summed E-state index contributed by atoms with van der Waals surface area (Å²) < 4.78 is 5.06. The fourth-order valence-electron chi connectivity index (χ4n) is 3.08. The molecule has 6 heteroatoms. The third-order valence-electron chi connectivity index (χ3n) is 4.38. The summed E-state index contributed by atoms with van der Waals surface area (Å²) in [5.41, 5.74) is 0.908. The quantitative estimate of drug-likeness (QED) is 0.597. The molecule has 0 bridgehead atoms. The number of carbonyl (C=O) groups excluding carboxylic acids is 1. The Bertz CT molecular complexity index is 567. The monoisotopic (exact) mass is 292 g/mol. The average molecular weight is 292 g/mol. The minimum Gasteiger partial charge on any atom is -0.383 e. The summed E-state index contributed by atoms with van der Waals surface area (Å²) in [6.45, 7) is 4.79. The number of nitro groups is 1. The minimum absolute atomic E-state index is 0.0139. The number of carbonyl (C=O) groups is 1. The molecule has 0 unspecified atom stereocenters. The highest BCUT2D eigenvalue weighted by molar-refractivity contribution is 6.08. The van der Waals surface area contributed by atoms with Gasteiger partial charge in [0.15, 0.2) is 0 Å². The van der Waals surface area contributed by atoms with Crippen LogP contribution in [-0.4, -0.2) is 31.1 Å². The highest BCUT2D eigenvalue weighted by atomic mass is 16.6. The summed E-state index contributed by atoms with van der Waals surface area (Å²) in [6, 6.07) is 4.68. The number of anilines is 1. The third kappa shape index (κ3) is 2.29. The molecule has 0 aliphatic carbocycles. The first kappa shape index (κ1) is 15.4. The predicted molar refractivity (Wildman–Crippen MR) is 79.6 cm³/mol. The maximum Gasteiger partial charge on any atom is 0.269 e. The fraction of sp³-hybridized carbons (Fsp3) is 0.533. The summed E-state index contributed by atoms with van der Waals surface area (Å²) in [4.78, 5) is 25.1. The van der Waals surface area contributed by atoms with E-state index in [0.29, 0.717) is 26.0 Å². The van der Waals surface area contributed by atoms with Crippen molar-refractivity contribution in [1.29, 1.82) is 0 Å². The zero-order valence-corrected chi connectivity index (χ0v) is 12.6. The normalized spacial score (nSPS) is 16.1. The molecule has 1 amide bonds. The SMILES string of the molecule is CCC1(CC)C(=O)N(CCOC)c2ccc([N+](=O)[O-])cc21. The lowest BCUT2D eigenvalue weighted by atomic mass is 9.77. The first-order chi connectivity index (χ1) is 10.0. The molecule has 0 spiro atoms. The van der Waals surface area contributed by atoms with Crippen molar-refractivity contribution in [3.8, 4) is 0 Å². The van der Waals surface area contributed by atoms with Crippen molar-refractivity contribution in [3.05, 3.63) is 33.9 Å². The number of methoxy groups -OCH3 is 1. The largest absolute Gasteiger partial charge is 0.383 e. The number of nitrogens with zero attached hydrogens (tertiary/aromatic N) is 2. The molecule has 0 aromatic heterocycles. The Morgan fingerprint density at radius 3 is 2.52 bits per heavy atom. The van der Waals surface area contributed by atoms with Gasteiger partial charge in [0.25, 0.3) is 5.69 Å². The van der Waals surface area contributed by atoms with Gasteiger partial charge in [0.05, 0.1) is 16.9 Å². The standard InChI is InChI=1S/C15H20N2O4/c1-4-15(5-2)12-10-11(17(19)20)6-7-13(12)16(14(15)18)8-9-21-3/h6-7,10H,4-5,8-9H2,1-3H3. The van der Waals surface area contributed by atoms with Crippen LogP contribution in [0.3, 0.4) is 0 Å². The molecule has 1 aliphatic rings. The van der Waals surface area contributed by atoms with Gasteiger partial charge in [-0.25, -0.2) is 0 Å². The van der Waals surface area contributed by atoms with Crippen LogP contribution in [0, 0.1) is 10.1 Å². The van der Waals surface area contributed by atoms with Gasteiger partial charge in [0.2, 0.25) is 5.91 Å². The molecule has 1 aromatic carbocycles. The van der Waals surface area contributed by atoms with Gasteiger partial charge < -0.3 is 9.64 Å². The smallest absolute Gasteiger partial charge is 0.269 e. The maximum atomic E-state index is 12.8. The second kappa shape index (κ2) is 5.81. The van der Waals surface area contributed by atoms with E-state index < -0.39 is 10.3 Å². The summed E-state index contributed by atoms with van der Waals surface area (Å²) in [7, 11) is 1.59. The first-order valence-corrected chi connectivity index (χ1v) is 7.11. The zero-order chi connectivity index (χ0) is 15.6. The lowest BCUT2D eigenvalue weighted by molar-refractivity contribution is -0.384. The molecule has 21 heavy (non-hydrogen) atoms. The molecule has 0 saturated carbocycles. The minimum atomic E-state index is -0.658. The van der Waals surface area contributed by atoms with Gasteiger partial charge in [-0.15, -0.1) is 0 Å². The number of amides is 1. The van der Waals surface area contributed by atoms with Gasteiger partial charge in [-0.1, -0.05) is 13.8 Å². The first-order valence-electron chi connectivity index (χ1n) is 7.11. The van der Waals surface area contributed by atoms with E-state index in [0.717, 1.165) is 11.3 Å². The Morgan fingerprint density at radius 1 is 1.33 bits per heavy atom. The lowest BCUT2D eigenvalue weighted by Gasteiger charge is -2.25. The topological polar surface area (TPSA) is 72.7 Å². The summed E-state index contributed by atoms with van der Waals surface area (Å²) >= 11 is 0. The number of fused-ring (bicyclic) bond motifs is 1. The molecule has 0 atom stereocenters. The molecule has 114 valence electrons. The van der Waals surface area contributed by atoms with Crippen LogP contribution in [0.15, 0.2) is 18.2 Å². The van der Waals surface area contributed by atoms with Crippen LogP contribution in [0.25, 0.3) is 0 Å². The van der Waals surface area contributed by atoms with E-state index in [1.54, 1.807) is 24.1 Å². The van der Waals surface area contributed by atoms with Gasteiger partial charge in [0, 0.05) is 31.5 Å². The molecule has 1 heterocycles. The van der Waals surface area contributed by atoms with Crippen LogP contribution in [-0.2, 0) is 14.9 Å². The van der Waals surface area contributed by atoms with E-state index in [9.17, 15) is 14.9 Å². The number of non-ortho nitro benzene ring substituents is 1.